The highest BCUT2D eigenvalue weighted by Crippen LogP contribution is 2.14. The fourth-order valence-corrected chi connectivity index (χ4v) is 4.26. The van der Waals surface area contributed by atoms with Crippen LogP contribution in [0.25, 0.3) is 0 Å². The standard InChI is InChI=1S/C25H52N2O2/c1-25(2)17-14-12-10-8-6-4-3-5-7-9-11-13-15-18-26-19-16-20-27(28)21-23-29-24-22-27/h25-26H,3-24H2,1-2H3. The average molecular weight is 413 g/mol. The fourth-order valence-electron chi connectivity index (χ4n) is 4.26. The fraction of sp³-hybridized carbons (Fsp3) is 1.00. The molecule has 0 spiro atoms. The molecule has 0 amide bonds. The third kappa shape index (κ3) is 17.2. The quantitative estimate of drug-likeness (QED) is 0.142. The topological polar surface area (TPSA) is 44.3 Å². The van der Waals surface area contributed by atoms with Gasteiger partial charge in [-0.05, 0) is 18.9 Å². The summed E-state index contributed by atoms with van der Waals surface area (Å²) in [5.74, 6) is 0.880. The minimum Gasteiger partial charge on any atom is -0.633 e. The molecule has 0 unspecified atom stereocenters. The molecule has 0 aliphatic carbocycles. The van der Waals surface area contributed by atoms with Crippen LogP contribution in [0.5, 0.6) is 0 Å². The molecule has 174 valence electrons. The Morgan fingerprint density at radius 2 is 1.14 bits per heavy atom. The predicted molar refractivity (Wildman–Crippen MR) is 126 cm³/mol. The van der Waals surface area contributed by atoms with Crippen molar-refractivity contribution in [1.82, 2.24) is 5.32 Å². The first kappa shape index (κ1) is 26.9. The van der Waals surface area contributed by atoms with E-state index in [4.69, 9.17) is 4.74 Å². The van der Waals surface area contributed by atoms with Gasteiger partial charge in [0, 0.05) is 13.0 Å². The Morgan fingerprint density at radius 1 is 0.690 bits per heavy atom. The van der Waals surface area contributed by atoms with E-state index < -0.39 is 0 Å². The van der Waals surface area contributed by atoms with E-state index in [0.29, 0.717) is 26.3 Å². The highest BCUT2D eigenvalue weighted by atomic mass is 16.6. The first-order valence-corrected chi connectivity index (χ1v) is 13.0. The minimum atomic E-state index is -0.0417. The van der Waals surface area contributed by atoms with Gasteiger partial charge in [-0.25, -0.2) is 0 Å². The third-order valence-corrected chi connectivity index (χ3v) is 6.34. The maximum absolute atomic E-state index is 12.3. The first-order chi connectivity index (χ1) is 14.1. The second kappa shape index (κ2) is 18.6. The highest BCUT2D eigenvalue weighted by molar-refractivity contribution is 4.55. The molecule has 1 saturated heterocycles. The molecule has 1 aliphatic rings. The van der Waals surface area contributed by atoms with Crippen molar-refractivity contribution >= 4 is 0 Å². The molecule has 1 aliphatic heterocycles. The summed E-state index contributed by atoms with van der Waals surface area (Å²) in [6, 6.07) is 0. The zero-order chi connectivity index (χ0) is 21.0. The predicted octanol–water partition coefficient (Wildman–Crippen LogP) is 6.43. The Balaban J connectivity index is 1.69. The van der Waals surface area contributed by atoms with Crippen LogP contribution in [0.1, 0.15) is 110 Å². The Kier molecular flexibility index (Phi) is 17.2. The molecule has 0 saturated carbocycles. The van der Waals surface area contributed by atoms with E-state index in [1.807, 2.05) is 0 Å². The molecule has 4 nitrogen and oxygen atoms in total. The van der Waals surface area contributed by atoms with Crippen molar-refractivity contribution in [3.8, 4) is 0 Å². The molecule has 0 aromatic rings. The monoisotopic (exact) mass is 412 g/mol. The van der Waals surface area contributed by atoms with Gasteiger partial charge in [0.15, 0.2) is 0 Å². The Hall–Kier alpha value is -0.160. The number of hydrogen-bond acceptors (Lipinski definition) is 3. The minimum absolute atomic E-state index is 0.0417. The molecule has 1 rings (SSSR count). The van der Waals surface area contributed by atoms with E-state index >= 15 is 0 Å². The van der Waals surface area contributed by atoms with E-state index in [9.17, 15) is 5.21 Å². The van der Waals surface area contributed by atoms with Crippen LogP contribution in [-0.2, 0) is 4.74 Å². The lowest BCUT2D eigenvalue weighted by atomic mass is 10.0. The number of nitrogens with zero attached hydrogens (tertiary/aromatic N) is 1. The number of nitrogens with one attached hydrogen (secondary N) is 1. The van der Waals surface area contributed by atoms with Crippen molar-refractivity contribution in [2.75, 3.05) is 45.9 Å². The Morgan fingerprint density at radius 3 is 1.66 bits per heavy atom. The number of hydroxylamine groups is 3. The van der Waals surface area contributed by atoms with Crippen molar-refractivity contribution in [3.63, 3.8) is 0 Å². The number of morpholine rings is 1. The molecule has 4 heteroatoms. The van der Waals surface area contributed by atoms with Gasteiger partial charge in [0.25, 0.3) is 0 Å². The van der Waals surface area contributed by atoms with Crippen LogP contribution in [0.15, 0.2) is 0 Å². The molecule has 0 aromatic heterocycles. The Labute approximate surface area is 182 Å². The van der Waals surface area contributed by atoms with E-state index in [0.717, 1.165) is 32.0 Å². The largest absolute Gasteiger partial charge is 0.633 e. The SMILES string of the molecule is CC(C)CCCCCCCCCCCCCCCNCCC[N+]1([O-])CCOCC1. The van der Waals surface area contributed by atoms with Crippen LogP contribution in [0.2, 0.25) is 0 Å². The van der Waals surface area contributed by atoms with Gasteiger partial charge in [0.05, 0.1) is 19.8 Å². The van der Waals surface area contributed by atoms with Gasteiger partial charge in [-0.15, -0.1) is 0 Å². The first-order valence-electron chi connectivity index (χ1n) is 13.0. The molecular formula is C25H52N2O2. The highest BCUT2D eigenvalue weighted by Gasteiger charge is 2.20. The average Bonchev–Trinajstić information content (AvgIpc) is 2.70. The molecule has 0 bridgehead atoms. The molecule has 1 fully saturated rings. The summed E-state index contributed by atoms with van der Waals surface area (Å²) in [6.45, 7) is 10.0. The van der Waals surface area contributed by atoms with E-state index in [1.165, 1.54) is 89.9 Å². The van der Waals surface area contributed by atoms with Gasteiger partial charge >= 0.3 is 0 Å². The number of unbranched alkanes of at least 4 members (excludes halogenated alkanes) is 12. The van der Waals surface area contributed by atoms with Gasteiger partial charge in [-0.1, -0.05) is 97.3 Å². The molecule has 0 aromatic carbocycles. The molecular weight excluding hydrogens is 360 g/mol. The van der Waals surface area contributed by atoms with E-state index in [-0.39, 0.29) is 4.65 Å². The van der Waals surface area contributed by atoms with Crippen LogP contribution in [-0.4, -0.2) is 50.6 Å². The molecule has 1 heterocycles. The van der Waals surface area contributed by atoms with Crippen LogP contribution in [0, 0.1) is 11.1 Å². The maximum Gasteiger partial charge on any atom is 0.102 e. The van der Waals surface area contributed by atoms with Gasteiger partial charge < -0.3 is 19.9 Å². The van der Waals surface area contributed by atoms with Crippen molar-refractivity contribution in [2.45, 2.75) is 110 Å². The molecule has 29 heavy (non-hydrogen) atoms. The van der Waals surface area contributed by atoms with Gasteiger partial charge in [-0.2, -0.15) is 0 Å². The van der Waals surface area contributed by atoms with E-state index in [2.05, 4.69) is 19.2 Å². The number of quaternary nitrogens is 1. The summed E-state index contributed by atoms with van der Waals surface area (Å²) < 4.78 is 5.24. The van der Waals surface area contributed by atoms with Crippen LogP contribution in [0.4, 0.5) is 0 Å². The third-order valence-electron chi connectivity index (χ3n) is 6.34. The zero-order valence-electron chi connectivity index (χ0n) is 19.9. The van der Waals surface area contributed by atoms with Crippen LogP contribution in [0.3, 0.4) is 0 Å². The Bertz CT molecular complexity index is 344. The van der Waals surface area contributed by atoms with Gasteiger partial charge in [0.2, 0.25) is 0 Å². The lowest BCUT2D eigenvalue weighted by Crippen LogP contribution is -2.51. The summed E-state index contributed by atoms with van der Waals surface area (Å²) >= 11 is 0. The van der Waals surface area contributed by atoms with Crippen molar-refractivity contribution in [3.05, 3.63) is 5.21 Å². The number of hydrogen-bond donors (Lipinski definition) is 1. The number of ether oxygens (including phenoxy) is 1. The second-order valence-corrected chi connectivity index (χ2v) is 9.72. The summed E-state index contributed by atoms with van der Waals surface area (Å²) in [6.07, 6.45) is 20.8. The lowest BCUT2D eigenvalue weighted by molar-refractivity contribution is -0.888. The zero-order valence-corrected chi connectivity index (χ0v) is 19.9. The number of rotatable bonds is 20. The van der Waals surface area contributed by atoms with E-state index in [1.54, 1.807) is 0 Å². The lowest BCUT2D eigenvalue weighted by Gasteiger charge is -2.45. The summed E-state index contributed by atoms with van der Waals surface area (Å²) in [5.41, 5.74) is 0. The van der Waals surface area contributed by atoms with Gasteiger partial charge in [-0.3, -0.25) is 0 Å². The van der Waals surface area contributed by atoms with Crippen LogP contribution >= 0.6 is 0 Å². The second-order valence-electron chi connectivity index (χ2n) is 9.72. The summed E-state index contributed by atoms with van der Waals surface area (Å²) in [5, 5.41) is 15.9. The van der Waals surface area contributed by atoms with Gasteiger partial charge in [0.1, 0.15) is 13.1 Å². The maximum atomic E-state index is 12.3. The van der Waals surface area contributed by atoms with Crippen molar-refractivity contribution in [1.29, 1.82) is 0 Å². The molecule has 1 N–H and O–H groups in total. The summed E-state index contributed by atoms with van der Waals surface area (Å²) in [4.78, 5) is 0. The van der Waals surface area contributed by atoms with Crippen LogP contribution < -0.4 is 5.32 Å². The van der Waals surface area contributed by atoms with Crippen molar-refractivity contribution < 1.29 is 9.38 Å². The normalized spacial score (nSPS) is 16.6. The molecule has 0 radical (unpaired) electrons. The smallest absolute Gasteiger partial charge is 0.102 e. The summed E-state index contributed by atoms with van der Waals surface area (Å²) in [7, 11) is 0. The molecule has 0 atom stereocenters. The van der Waals surface area contributed by atoms with Crippen molar-refractivity contribution in [2.24, 2.45) is 5.92 Å².